The van der Waals surface area contributed by atoms with E-state index in [4.69, 9.17) is 23.2 Å². The van der Waals surface area contributed by atoms with Crippen LogP contribution in [0.3, 0.4) is 0 Å². The van der Waals surface area contributed by atoms with Crippen molar-refractivity contribution >= 4 is 51.3 Å². The van der Waals surface area contributed by atoms with Crippen LogP contribution in [0, 0.1) is 10.1 Å². The molecule has 0 aliphatic rings. The van der Waals surface area contributed by atoms with Gasteiger partial charge in [-0.2, -0.15) is 0 Å². The van der Waals surface area contributed by atoms with Gasteiger partial charge in [-0.05, 0) is 6.07 Å². The highest BCUT2D eigenvalue weighted by Crippen LogP contribution is 2.33. The average molecular weight is 319 g/mol. The van der Waals surface area contributed by atoms with Gasteiger partial charge in [0.15, 0.2) is 0 Å². The summed E-state index contributed by atoms with van der Waals surface area (Å²) in [5.74, 6) is -0.585. The Bertz CT molecular complexity index is 647. The molecule has 0 radical (unpaired) electrons. The fourth-order valence-corrected chi connectivity index (χ4v) is 2.07. The van der Waals surface area contributed by atoms with Crippen molar-refractivity contribution < 1.29 is 9.72 Å². The first-order chi connectivity index (χ1) is 8.99. The van der Waals surface area contributed by atoms with Crippen LogP contribution in [0.2, 0.25) is 10.0 Å². The zero-order valence-electron chi connectivity index (χ0n) is 8.96. The lowest BCUT2D eigenvalue weighted by atomic mass is 10.2. The Kier molecular flexibility index (Phi) is 3.93. The number of nitro benzene ring substituents is 1. The number of nitrogens with one attached hydrogen (secondary N) is 1. The van der Waals surface area contributed by atoms with Crippen molar-refractivity contribution in [1.29, 1.82) is 0 Å². The van der Waals surface area contributed by atoms with Gasteiger partial charge >= 0.3 is 0 Å². The second-order valence-corrected chi connectivity index (χ2v) is 4.86. The Balaban J connectivity index is 2.35. The Morgan fingerprint density at radius 1 is 1.42 bits per heavy atom. The van der Waals surface area contributed by atoms with Gasteiger partial charge in [-0.25, -0.2) is 0 Å². The van der Waals surface area contributed by atoms with E-state index in [2.05, 4.69) is 15.5 Å². The van der Waals surface area contributed by atoms with Crippen molar-refractivity contribution in [1.82, 2.24) is 10.2 Å². The van der Waals surface area contributed by atoms with Gasteiger partial charge in [0.1, 0.15) is 10.5 Å². The van der Waals surface area contributed by atoms with Crippen LogP contribution in [0.4, 0.5) is 10.8 Å². The van der Waals surface area contributed by atoms with Gasteiger partial charge in [0.2, 0.25) is 5.13 Å². The molecule has 0 unspecified atom stereocenters. The molecule has 0 atom stereocenters. The second-order valence-electron chi connectivity index (χ2n) is 3.25. The SMILES string of the molecule is O=C(Nc1nncs1)c1cc(Cl)c(Cl)c([N+](=O)[O-])c1. The van der Waals surface area contributed by atoms with Crippen molar-refractivity contribution in [2.75, 3.05) is 5.32 Å². The second kappa shape index (κ2) is 5.47. The average Bonchev–Trinajstić information content (AvgIpc) is 2.84. The van der Waals surface area contributed by atoms with Crippen LogP contribution in [-0.4, -0.2) is 21.0 Å². The Morgan fingerprint density at radius 3 is 2.74 bits per heavy atom. The molecule has 0 aliphatic heterocycles. The molecule has 19 heavy (non-hydrogen) atoms. The van der Waals surface area contributed by atoms with Crippen LogP contribution >= 0.6 is 34.5 Å². The molecule has 1 N–H and O–H groups in total. The number of aromatic nitrogens is 2. The Morgan fingerprint density at radius 2 is 2.16 bits per heavy atom. The lowest BCUT2D eigenvalue weighted by Gasteiger charge is -2.04. The number of nitrogens with zero attached hydrogens (tertiary/aromatic N) is 3. The molecule has 0 bridgehead atoms. The summed E-state index contributed by atoms with van der Waals surface area (Å²) in [6, 6.07) is 2.29. The van der Waals surface area contributed by atoms with E-state index >= 15 is 0 Å². The minimum absolute atomic E-state index is 0.0105. The van der Waals surface area contributed by atoms with Crippen LogP contribution in [0.15, 0.2) is 17.6 Å². The number of amides is 1. The highest BCUT2D eigenvalue weighted by molar-refractivity contribution is 7.13. The summed E-state index contributed by atoms with van der Waals surface area (Å²) in [5.41, 5.74) is 1.01. The Labute approximate surface area is 120 Å². The summed E-state index contributed by atoms with van der Waals surface area (Å²) in [4.78, 5) is 21.9. The molecule has 0 saturated carbocycles. The number of rotatable bonds is 3. The van der Waals surface area contributed by atoms with Gasteiger partial charge in [0.25, 0.3) is 11.6 Å². The molecule has 0 saturated heterocycles. The molecule has 7 nitrogen and oxygen atoms in total. The summed E-state index contributed by atoms with van der Waals surface area (Å²) in [6.07, 6.45) is 0. The topological polar surface area (TPSA) is 98.0 Å². The largest absolute Gasteiger partial charge is 0.296 e. The molecule has 0 aliphatic carbocycles. The van der Waals surface area contributed by atoms with Gasteiger partial charge in [0, 0.05) is 11.6 Å². The fourth-order valence-electron chi connectivity index (χ4n) is 1.24. The first-order valence-electron chi connectivity index (χ1n) is 4.70. The normalized spacial score (nSPS) is 10.2. The van der Waals surface area contributed by atoms with E-state index in [0.717, 1.165) is 17.4 Å². The van der Waals surface area contributed by atoms with Crippen LogP contribution < -0.4 is 5.32 Å². The maximum atomic E-state index is 11.9. The lowest BCUT2D eigenvalue weighted by Crippen LogP contribution is -2.12. The maximum Gasteiger partial charge on any atom is 0.290 e. The predicted molar refractivity (Wildman–Crippen MR) is 71.0 cm³/mol. The monoisotopic (exact) mass is 318 g/mol. The molecule has 1 aromatic carbocycles. The van der Waals surface area contributed by atoms with Gasteiger partial charge in [-0.1, -0.05) is 34.5 Å². The number of anilines is 1. The molecule has 0 fully saturated rings. The van der Waals surface area contributed by atoms with Gasteiger partial charge in [-0.15, -0.1) is 10.2 Å². The van der Waals surface area contributed by atoms with E-state index < -0.39 is 16.5 Å². The van der Waals surface area contributed by atoms with Crippen molar-refractivity contribution in [3.8, 4) is 0 Å². The van der Waals surface area contributed by atoms with E-state index in [1.807, 2.05) is 0 Å². The zero-order valence-corrected chi connectivity index (χ0v) is 11.3. The first-order valence-corrected chi connectivity index (χ1v) is 6.33. The molecule has 10 heteroatoms. The highest BCUT2D eigenvalue weighted by atomic mass is 35.5. The summed E-state index contributed by atoms with van der Waals surface area (Å²) < 4.78 is 0. The van der Waals surface area contributed by atoms with Crippen molar-refractivity contribution in [3.63, 3.8) is 0 Å². The number of hydrogen-bond acceptors (Lipinski definition) is 6. The highest BCUT2D eigenvalue weighted by Gasteiger charge is 2.20. The van der Waals surface area contributed by atoms with E-state index in [-0.39, 0.29) is 20.7 Å². The molecule has 98 valence electrons. The van der Waals surface area contributed by atoms with Gasteiger partial charge in [-0.3, -0.25) is 20.2 Å². The molecule has 2 aromatic rings. The van der Waals surface area contributed by atoms with Gasteiger partial charge in [0.05, 0.1) is 9.95 Å². The third kappa shape index (κ3) is 2.98. The van der Waals surface area contributed by atoms with Crippen molar-refractivity contribution in [2.24, 2.45) is 0 Å². The summed E-state index contributed by atoms with van der Waals surface area (Å²) in [6.45, 7) is 0. The number of halogens is 2. The number of hydrogen-bond donors (Lipinski definition) is 1. The molecule has 2 rings (SSSR count). The van der Waals surface area contributed by atoms with E-state index in [9.17, 15) is 14.9 Å². The molecule has 0 spiro atoms. The van der Waals surface area contributed by atoms with Gasteiger partial charge < -0.3 is 0 Å². The first kappa shape index (κ1) is 13.7. The number of carbonyl (C=O) groups excluding carboxylic acids is 1. The molecule has 1 amide bonds. The molecule has 1 heterocycles. The molecular formula is C9H4Cl2N4O3S. The summed E-state index contributed by atoms with van der Waals surface area (Å²) in [7, 11) is 0. The van der Waals surface area contributed by atoms with Crippen LogP contribution in [0.5, 0.6) is 0 Å². The van der Waals surface area contributed by atoms with Crippen molar-refractivity contribution in [2.45, 2.75) is 0 Å². The molecular weight excluding hydrogens is 315 g/mol. The minimum Gasteiger partial charge on any atom is -0.296 e. The zero-order chi connectivity index (χ0) is 14.0. The van der Waals surface area contributed by atoms with Crippen LogP contribution in [0.25, 0.3) is 0 Å². The van der Waals surface area contributed by atoms with Crippen LogP contribution in [0.1, 0.15) is 10.4 Å². The lowest BCUT2D eigenvalue weighted by molar-refractivity contribution is -0.384. The van der Waals surface area contributed by atoms with Crippen molar-refractivity contribution in [3.05, 3.63) is 43.4 Å². The maximum absolute atomic E-state index is 11.9. The van der Waals surface area contributed by atoms with E-state index in [0.29, 0.717) is 0 Å². The number of benzene rings is 1. The summed E-state index contributed by atoms with van der Waals surface area (Å²) in [5, 5.41) is 20.4. The fraction of sp³-hybridized carbons (Fsp3) is 0. The third-order valence-electron chi connectivity index (χ3n) is 2.05. The summed E-state index contributed by atoms with van der Waals surface area (Å²) >= 11 is 12.5. The van der Waals surface area contributed by atoms with Crippen LogP contribution in [-0.2, 0) is 0 Å². The van der Waals surface area contributed by atoms with E-state index in [1.54, 1.807) is 0 Å². The smallest absolute Gasteiger partial charge is 0.290 e. The number of carbonyl (C=O) groups is 1. The quantitative estimate of drug-likeness (QED) is 0.692. The van der Waals surface area contributed by atoms with E-state index in [1.165, 1.54) is 11.6 Å². The standard InChI is InChI=1S/C9H4Cl2N4O3S/c10-5-1-4(2-6(7(5)11)15(17)18)8(16)13-9-14-12-3-19-9/h1-3H,(H,13,14,16). The number of nitro groups is 1. The minimum atomic E-state index is -0.712. The third-order valence-corrected chi connectivity index (χ3v) is 3.45. The predicted octanol–water partition coefficient (Wildman–Crippen LogP) is 3.01. The molecule has 1 aromatic heterocycles. The Hall–Kier alpha value is -1.77.